The summed E-state index contributed by atoms with van der Waals surface area (Å²) in [5.41, 5.74) is 11.8. The van der Waals surface area contributed by atoms with E-state index in [2.05, 4.69) is 54.2 Å². The van der Waals surface area contributed by atoms with Gasteiger partial charge in [0.15, 0.2) is 5.60 Å². The van der Waals surface area contributed by atoms with Gasteiger partial charge in [-0.25, -0.2) is 4.79 Å². The van der Waals surface area contributed by atoms with Crippen molar-refractivity contribution >= 4 is 5.97 Å². The van der Waals surface area contributed by atoms with Crippen LogP contribution in [0.25, 0.3) is 0 Å². The summed E-state index contributed by atoms with van der Waals surface area (Å²) in [7, 11) is 0. The van der Waals surface area contributed by atoms with Gasteiger partial charge in [-0.3, -0.25) is 0 Å². The molecule has 0 saturated heterocycles. The van der Waals surface area contributed by atoms with E-state index in [1.165, 1.54) is 63.4 Å². The third-order valence-electron chi connectivity index (χ3n) is 17.3. The molecule has 6 aliphatic carbocycles. The summed E-state index contributed by atoms with van der Waals surface area (Å²) in [5.74, 6) is 3.81. The van der Waals surface area contributed by atoms with Crippen molar-refractivity contribution in [2.45, 2.75) is 156 Å². The standard InChI is InChI=1S/C46H69NO3/c1-9-50-46(40(48)49-30-33-13-11-10-12-14-33)25-17-32(18-26-46)29-34-19-22-42(6)37(41(34,4)5)21-23-44(8)38(42)16-15-36-39-35(31(2)3)20-24-45(39,47)28-27-43(36,44)7/h10-14,19,32,35-39H,2,9,15-18,20-30,47H2,1,3-8H3. The first-order chi connectivity index (χ1) is 23.6. The predicted molar refractivity (Wildman–Crippen MR) is 204 cm³/mol. The lowest BCUT2D eigenvalue weighted by Gasteiger charge is -2.72. The minimum Gasteiger partial charge on any atom is -0.459 e. The lowest BCUT2D eigenvalue weighted by molar-refractivity contribution is -0.219. The molecule has 4 heteroatoms. The second-order valence-corrected chi connectivity index (χ2v) is 19.7. The van der Waals surface area contributed by atoms with E-state index >= 15 is 0 Å². The van der Waals surface area contributed by atoms with Gasteiger partial charge in [0.05, 0.1) is 0 Å². The fourth-order valence-electron chi connectivity index (χ4n) is 14.4. The number of esters is 1. The smallest absolute Gasteiger partial charge is 0.338 e. The van der Waals surface area contributed by atoms with Crippen LogP contribution < -0.4 is 5.73 Å². The van der Waals surface area contributed by atoms with Crippen molar-refractivity contribution in [3.05, 3.63) is 59.7 Å². The van der Waals surface area contributed by atoms with Gasteiger partial charge in [-0.2, -0.15) is 0 Å². The number of hydrogen-bond donors (Lipinski definition) is 1. The Morgan fingerprint density at radius 1 is 0.860 bits per heavy atom. The van der Waals surface area contributed by atoms with Crippen molar-refractivity contribution in [1.82, 2.24) is 0 Å². The van der Waals surface area contributed by atoms with Crippen molar-refractivity contribution in [2.75, 3.05) is 6.61 Å². The maximum absolute atomic E-state index is 13.5. The number of hydrogen-bond acceptors (Lipinski definition) is 4. The van der Waals surface area contributed by atoms with Gasteiger partial charge < -0.3 is 15.2 Å². The topological polar surface area (TPSA) is 61.5 Å². The number of ether oxygens (including phenoxy) is 2. The highest BCUT2D eigenvalue weighted by Gasteiger charge is 2.70. The normalized spacial score (nSPS) is 44.9. The molecular weight excluding hydrogens is 615 g/mol. The summed E-state index contributed by atoms with van der Waals surface area (Å²) >= 11 is 0. The van der Waals surface area contributed by atoms with Crippen LogP contribution in [-0.2, 0) is 20.9 Å². The molecule has 9 unspecified atom stereocenters. The first-order valence-electron chi connectivity index (χ1n) is 20.6. The third kappa shape index (κ3) is 5.54. The molecule has 0 radical (unpaired) electrons. The summed E-state index contributed by atoms with van der Waals surface area (Å²) in [5, 5.41) is 0. The van der Waals surface area contributed by atoms with Crippen LogP contribution in [0.15, 0.2) is 54.1 Å². The molecule has 7 rings (SSSR count). The number of benzene rings is 1. The molecule has 5 saturated carbocycles. The van der Waals surface area contributed by atoms with Crippen molar-refractivity contribution < 1.29 is 14.3 Å². The molecule has 276 valence electrons. The lowest BCUT2D eigenvalue weighted by atomic mass is 9.33. The average molecular weight is 684 g/mol. The van der Waals surface area contributed by atoms with Crippen molar-refractivity contribution in [1.29, 1.82) is 0 Å². The summed E-state index contributed by atoms with van der Waals surface area (Å²) in [4.78, 5) is 13.5. The second kappa shape index (κ2) is 12.9. The van der Waals surface area contributed by atoms with Gasteiger partial charge in [0.1, 0.15) is 6.61 Å². The fraction of sp³-hybridized carbons (Fsp3) is 0.761. The monoisotopic (exact) mass is 684 g/mol. The molecule has 50 heavy (non-hydrogen) atoms. The molecule has 0 heterocycles. The van der Waals surface area contributed by atoms with Crippen LogP contribution in [0.2, 0.25) is 0 Å². The Labute approximate surface area is 304 Å². The number of fused-ring (bicyclic) bond motifs is 7. The second-order valence-electron chi connectivity index (χ2n) is 19.7. The largest absolute Gasteiger partial charge is 0.459 e. The van der Waals surface area contributed by atoms with Gasteiger partial charge in [0, 0.05) is 12.1 Å². The molecule has 0 aromatic heterocycles. The lowest BCUT2D eigenvalue weighted by Crippen LogP contribution is -2.67. The molecule has 0 spiro atoms. The zero-order valence-corrected chi connectivity index (χ0v) is 32.8. The van der Waals surface area contributed by atoms with Crippen molar-refractivity contribution in [3.63, 3.8) is 0 Å². The number of nitrogens with two attached hydrogens (primary N) is 1. The van der Waals surface area contributed by atoms with E-state index in [1.54, 1.807) is 5.57 Å². The first kappa shape index (κ1) is 36.4. The van der Waals surface area contributed by atoms with Gasteiger partial charge in [-0.15, -0.1) is 0 Å². The van der Waals surface area contributed by atoms with Gasteiger partial charge in [0.2, 0.25) is 0 Å². The van der Waals surface area contributed by atoms with Crippen molar-refractivity contribution in [2.24, 2.45) is 62.9 Å². The maximum atomic E-state index is 13.5. The SMILES string of the molecule is C=C(C)C1CCC2(N)CCC3(C)C(CCC4C5(C)CC=C(CC6CCC(OCC)(C(=O)OCc7ccccc7)CC6)C(C)(C)C5CCC43C)C12. The summed E-state index contributed by atoms with van der Waals surface area (Å²) in [6.45, 7) is 23.0. The molecule has 2 N–H and O–H groups in total. The molecule has 4 nitrogen and oxygen atoms in total. The van der Waals surface area contributed by atoms with Crippen LogP contribution in [0.4, 0.5) is 0 Å². The zero-order valence-electron chi connectivity index (χ0n) is 32.8. The minimum absolute atomic E-state index is 0.0203. The predicted octanol–water partition coefficient (Wildman–Crippen LogP) is 11.0. The Bertz CT molecular complexity index is 1470. The number of carbonyl (C=O) groups excluding carboxylic acids is 1. The molecule has 1 aromatic rings. The minimum atomic E-state index is -0.802. The van der Waals surface area contributed by atoms with E-state index in [-0.39, 0.29) is 16.9 Å². The summed E-state index contributed by atoms with van der Waals surface area (Å²) in [6, 6.07) is 9.99. The highest BCUT2D eigenvalue weighted by Crippen LogP contribution is 2.76. The molecular formula is C46H69NO3. The molecule has 0 aliphatic heterocycles. The molecule has 0 amide bonds. The number of carbonyl (C=O) groups is 1. The van der Waals surface area contributed by atoms with Crippen LogP contribution in [-0.4, -0.2) is 23.7 Å². The van der Waals surface area contributed by atoms with Crippen LogP contribution >= 0.6 is 0 Å². The van der Waals surface area contributed by atoms with E-state index in [4.69, 9.17) is 15.2 Å². The highest BCUT2D eigenvalue weighted by atomic mass is 16.6. The highest BCUT2D eigenvalue weighted by molar-refractivity contribution is 5.79. The number of rotatable bonds is 8. The Hall–Kier alpha value is -1.91. The van der Waals surface area contributed by atoms with Gasteiger partial charge >= 0.3 is 5.97 Å². The number of allylic oxidation sites excluding steroid dienone is 3. The molecule has 9 atom stereocenters. The van der Waals surface area contributed by atoms with E-state index < -0.39 is 5.60 Å². The van der Waals surface area contributed by atoms with E-state index in [9.17, 15) is 4.79 Å². The molecule has 5 fully saturated rings. The van der Waals surface area contributed by atoms with E-state index in [0.717, 1.165) is 49.5 Å². The zero-order chi connectivity index (χ0) is 35.7. The Balaban J connectivity index is 1.05. The Morgan fingerprint density at radius 3 is 2.26 bits per heavy atom. The first-order valence-corrected chi connectivity index (χ1v) is 20.6. The fourth-order valence-corrected chi connectivity index (χ4v) is 14.4. The van der Waals surface area contributed by atoms with Gasteiger partial charge in [-0.1, -0.05) is 88.8 Å². The molecule has 1 aromatic carbocycles. The third-order valence-corrected chi connectivity index (χ3v) is 17.3. The van der Waals surface area contributed by atoms with Crippen LogP contribution in [0, 0.1) is 57.2 Å². The average Bonchev–Trinajstić information content (AvgIpc) is 3.44. The van der Waals surface area contributed by atoms with Crippen LogP contribution in [0.1, 0.15) is 144 Å². The Morgan fingerprint density at radius 2 is 1.58 bits per heavy atom. The van der Waals surface area contributed by atoms with Gasteiger partial charge in [0.25, 0.3) is 0 Å². The van der Waals surface area contributed by atoms with Crippen LogP contribution in [0.5, 0.6) is 0 Å². The molecule has 6 aliphatic rings. The quantitative estimate of drug-likeness (QED) is 0.219. The van der Waals surface area contributed by atoms with E-state index in [0.29, 0.717) is 53.1 Å². The summed E-state index contributed by atoms with van der Waals surface area (Å²) in [6.07, 6.45) is 19.0. The van der Waals surface area contributed by atoms with Crippen LogP contribution in [0.3, 0.4) is 0 Å². The van der Waals surface area contributed by atoms with E-state index in [1.807, 2.05) is 37.3 Å². The summed E-state index contributed by atoms with van der Waals surface area (Å²) < 4.78 is 12.1. The van der Waals surface area contributed by atoms with Crippen molar-refractivity contribution in [3.8, 4) is 0 Å². The van der Waals surface area contributed by atoms with Gasteiger partial charge in [-0.05, 0) is 166 Å². The maximum Gasteiger partial charge on any atom is 0.338 e. The molecule has 0 bridgehead atoms. The Kier molecular flexibility index (Phi) is 9.40.